The molecule has 106 valence electrons. The van der Waals surface area contributed by atoms with Gasteiger partial charge in [-0.25, -0.2) is 4.79 Å². The number of hydrogen-bond donors (Lipinski definition) is 1. The van der Waals surface area contributed by atoms with Crippen molar-refractivity contribution < 1.29 is 14.7 Å². The molecule has 0 spiro atoms. The van der Waals surface area contributed by atoms with Crippen molar-refractivity contribution in [2.24, 2.45) is 0 Å². The van der Waals surface area contributed by atoms with Gasteiger partial charge >= 0.3 is 12.0 Å². The third kappa shape index (κ3) is 4.79. The lowest BCUT2D eigenvalue weighted by Crippen LogP contribution is -2.53. The fourth-order valence-electron chi connectivity index (χ4n) is 2.11. The van der Waals surface area contributed by atoms with E-state index in [1.807, 2.05) is 11.8 Å². The van der Waals surface area contributed by atoms with E-state index in [2.05, 4.69) is 5.92 Å². The van der Waals surface area contributed by atoms with Gasteiger partial charge in [0.25, 0.3) is 0 Å². The van der Waals surface area contributed by atoms with Crippen LogP contribution in [0, 0.1) is 12.3 Å². The predicted molar refractivity (Wildman–Crippen MR) is 71.7 cm³/mol. The minimum atomic E-state index is -0.834. The standard InChI is InChI=1S/C13H21N3O3/c1-3-5-15(6-4-2)13(19)16-9-7-14(8-10-16)11-12(17)18/h1H,4-11H2,2H3,(H,17,18). The number of aliphatic carboxylic acids is 1. The van der Waals surface area contributed by atoms with Crippen molar-refractivity contribution in [1.82, 2.24) is 14.7 Å². The summed E-state index contributed by atoms with van der Waals surface area (Å²) in [5, 5.41) is 8.72. The van der Waals surface area contributed by atoms with Gasteiger partial charge in [-0.1, -0.05) is 12.8 Å². The van der Waals surface area contributed by atoms with E-state index in [1.165, 1.54) is 0 Å². The van der Waals surface area contributed by atoms with Crippen molar-refractivity contribution >= 4 is 12.0 Å². The van der Waals surface area contributed by atoms with Gasteiger partial charge in [0.1, 0.15) is 0 Å². The van der Waals surface area contributed by atoms with Crippen LogP contribution in [0.1, 0.15) is 13.3 Å². The van der Waals surface area contributed by atoms with Gasteiger partial charge < -0.3 is 14.9 Å². The second-order valence-corrected chi connectivity index (χ2v) is 4.57. The highest BCUT2D eigenvalue weighted by molar-refractivity contribution is 5.75. The van der Waals surface area contributed by atoms with Gasteiger partial charge in [-0.15, -0.1) is 6.42 Å². The zero-order valence-electron chi connectivity index (χ0n) is 11.3. The maximum atomic E-state index is 12.2. The molecule has 19 heavy (non-hydrogen) atoms. The quantitative estimate of drug-likeness (QED) is 0.720. The Morgan fingerprint density at radius 1 is 1.32 bits per heavy atom. The first-order valence-corrected chi connectivity index (χ1v) is 6.50. The van der Waals surface area contributed by atoms with E-state index in [-0.39, 0.29) is 12.6 Å². The fourth-order valence-corrected chi connectivity index (χ4v) is 2.11. The Morgan fingerprint density at radius 2 is 1.95 bits per heavy atom. The maximum Gasteiger partial charge on any atom is 0.320 e. The minimum absolute atomic E-state index is 0.0328. The topological polar surface area (TPSA) is 64.1 Å². The largest absolute Gasteiger partial charge is 0.480 e. The number of piperazine rings is 1. The summed E-state index contributed by atoms with van der Waals surface area (Å²) in [6, 6.07) is -0.0465. The molecular formula is C13H21N3O3. The summed E-state index contributed by atoms with van der Waals surface area (Å²) < 4.78 is 0. The van der Waals surface area contributed by atoms with E-state index in [0.29, 0.717) is 39.3 Å². The van der Waals surface area contributed by atoms with Crippen molar-refractivity contribution in [3.8, 4) is 12.3 Å². The summed E-state index contributed by atoms with van der Waals surface area (Å²) >= 11 is 0. The van der Waals surface area contributed by atoms with E-state index in [0.717, 1.165) is 6.42 Å². The lowest BCUT2D eigenvalue weighted by atomic mass is 10.3. The number of nitrogens with zero attached hydrogens (tertiary/aromatic N) is 3. The van der Waals surface area contributed by atoms with E-state index < -0.39 is 5.97 Å². The number of hydrogen-bond acceptors (Lipinski definition) is 3. The first-order chi connectivity index (χ1) is 9.08. The van der Waals surface area contributed by atoms with Gasteiger partial charge in [0.05, 0.1) is 13.1 Å². The number of amides is 2. The molecule has 6 heteroatoms. The highest BCUT2D eigenvalue weighted by Gasteiger charge is 2.25. The number of urea groups is 1. The third-order valence-electron chi connectivity index (χ3n) is 3.05. The van der Waals surface area contributed by atoms with Crippen LogP contribution < -0.4 is 0 Å². The monoisotopic (exact) mass is 267 g/mol. The van der Waals surface area contributed by atoms with Crippen molar-refractivity contribution in [3.63, 3.8) is 0 Å². The third-order valence-corrected chi connectivity index (χ3v) is 3.05. The van der Waals surface area contributed by atoms with Gasteiger partial charge in [-0.2, -0.15) is 0 Å². The lowest BCUT2D eigenvalue weighted by molar-refractivity contribution is -0.138. The van der Waals surface area contributed by atoms with Crippen LogP contribution in [0.25, 0.3) is 0 Å². The number of terminal acetylenes is 1. The SMILES string of the molecule is C#CCN(CCC)C(=O)N1CCN(CC(=O)O)CC1. The first-order valence-electron chi connectivity index (χ1n) is 6.50. The van der Waals surface area contributed by atoms with Crippen molar-refractivity contribution in [3.05, 3.63) is 0 Å². The van der Waals surface area contributed by atoms with E-state index in [4.69, 9.17) is 11.5 Å². The summed E-state index contributed by atoms with van der Waals surface area (Å²) in [5.41, 5.74) is 0. The van der Waals surface area contributed by atoms with Crippen LogP contribution in [0.3, 0.4) is 0 Å². The summed E-state index contributed by atoms with van der Waals surface area (Å²) in [5.74, 6) is 1.66. The smallest absolute Gasteiger partial charge is 0.320 e. The number of carboxylic acid groups (broad SMARTS) is 1. The van der Waals surface area contributed by atoms with E-state index >= 15 is 0 Å². The molecular weight excluding hydrogens is 246 g/mol. The second kappa shape index (κ2) is 7.64. The molecule has 1 rings (SSSR count). The Bertz CT molecular complexity index is 357. The summed E-state index contributed by atoms with van der Waals surface area (Å²) in [7, 11) is 0. The average Bonchev–Trinajstić information content (AvgIpc) is 2.38. The number of carboxylic acids is 1. The summed E-state index contributed by atoms with van der Waals surface area (Å²) in [6.07, 6.45) is 6.14. The molecule has 2 amide bonds. The Morgan fingerprint density at radius 3 is 2.42 bits per heavy atom. The molecule has 0 radical (unpaired) electrons. The molecule has 0 aromatic carbocycles. The molecule has 6 nitrogen and oxygen atoms in total. The molecule has 0 saturated carbocycles. The zero-order chi connectivity index (χ0) is 14.3. The van der Waals surface area contributed by atoms with Crippen molar-refractivity contribution in [2.45, 2.75) is 13.3 Å². The second-order valence-electron chi connectivity index (χ2n) is 4.57. The molecule has 1 aliphatic heterocycles. The fraction of sp³-hybridized carbons (Fsp3) is 0.692. The molecule has 0 bridgehead atoms. The van der Waals surface area contributed by atoms with Crippen LogP contribution in [0.15, 0.2) is 0 Å². The van der Waals surface area contributed by atoms with Crippen LogP contribution >= 0.6 is 0 Å². The maximum absolute atomic E-state index is 12.2. The molecule has 1 N–H and O–H groups in total. The predicted octanol–water partition coefficient (Wildman–Crippen LogP) is 0.154. The molecule has 0 aromatic rings. The number of carbonyl (C=O) groups is 2. The average molecular weight is 267 g/mol. The van der Waals surface area contributed by atoms with Crippen LogP contribution in [-0.4, -0.2) is 77.6 Å². The van der Waals surface area contributed by atoms with Crippen molar-refractivity contribution in [2.75, 3.05) is 45.8 Å². The van der Waals surface area contributed by atoms with E-state index in [9.17, 15) is 9.59 Å². The van der Waals surface area contributed by atoms with Gasteiger partial charge in [-0.05, 0) is 6.42 Å². The molecule has 1 aliphatic rings. The zero-order valence-corrected chi connectivity index (χ0v) is 11.3. The van der Waals surface area contributed by atoms with Crippen LogP contribution in [-0.2, 0) is 4.79 Å². The van der Waals surface area contributed by atoms with Crippen LogP contribution in [0.5, 0.6) is 0 Å². The Balaban J connectivity index is 2.47. The highest BCUT2D eigenvalue weighted by Crippen LogP contribution is 2.06. The minimum Gasteiger partial charge on any atom is -0.480 e. The van der Waals surface area contributed by atoms with Gasteiger partial charge in [0, 0.05) is 32.7 Å². The molecule has 0 atom stereocenters. The molecule has 1 heterocycles. The molecule has 1 saturated heterocycles. The van der Waals surface area contributed by atoms with Gasteiger partial charge in [0.15, 0.2) is 0 Å². The number of carbonyl (C=O) groups excluding carboxylic acids is 1. The highest BCUT2D eigenvalue weighted by atomic mass is 16.4. The van der Waals surface area contributed by atoms with E-state index in [1.54, 1.807) is 9.80 Å². The van der Waals surface area contributed by atoms with Gasteiger partial charge in [0.2, 0.25) is 0 Å². The summed E-state index contributed by atoms with van der Waals surface area (Å²) in [6.45, 7) is 5.29. The van der Waals surface area contributed by atoms with Crippen LogP contribution in [0.4, 0.5) is 4.79 Å². The molecule has 0 unspecified atom stereocenters. The molecule has 0 aromatic heterocycles. The lowest BCUT2D eigenvalue weighted by Gasteiger charge is -2.36. The Kier molecular flexibility index (Phi) is 6.16. The van der Waals surface area contributed by atoms with Crippen molar-refractivity contribution in [1.29, 1.82) is 0 Å². The Hall–Kier alpha value is -1.74. The Labute approximate surface area is 114 Å². The molecule has 1 fully saturated rings. The number of rotatable bonds is 5. The van der Waals surface area contributed by atoms with Crippen LogP contribution in [0.2, 0.25) is 0 Å². The summed E-state index contributed by atoms with van der Waals surface area (Å²) in [4.78, 5) is 28.1. The molecule has 0 aliphatic carbocycles. The first kappa shape index (κ1) is 15.3. The van der Waals surface area contributed by atoms with Gasteiger partial charge in [-0.3, -0.25) is 9.69 Å². The normalized spacial score (nSPS) is 15.9.